The monoisotopic (exact) mass is 370 g/mol. The molecule has 1 amide bonds. The van der Waals surface area contributed by atoms with E-state index >= 15 is 0 Å². The maximum absolute atomic E-state index is 13.0. The lowest BCUT2D eigenvalue weighted by molar-refractivity contribution is 0.0724. The summed E-state index contributed by atoms with van der Waals surface area (Å²) >= 11 is 0. The second-order valence-corrected chi connectivity index (χ2v) is 8.52. The van der Waals surface area contributed by atoms with Crippen LogP contribution < -0.4 is 5.32 Å². The smallest absolute Gasteiger partial charge is 0.257 e. The first kappa shape index (κ1) is 18.7. The van der Waals surface area contributed by atoms with E-state index < -0.39 is 0 Å². The van der Waals surface area contributed by atoms with E-state index in [0.717, 1.165) is 56.3 Å². The van der Waals surface area contributed by atoms with Crippen LogP contribution >= 0.6 is 0 Å². The first-order valence-corrected chi connectivity index (χ1v) is 11.1. The van der Waals surface area contributed by atoms with Crippen molar-refractivity contribution >= 4 is 11.7 Å². The van der Waals surface area contributed by atoms with Crippen molar-refractivity contribution in [1.29, 1.82) is 0 Å². The maximum Gasteiger partial charge on any atom is 0.257 e. The molecule has 2 aliphatic heterocycles. The normalized spacial score (nSPS) is 25.3. The van der Waals surface area contributed by atoms with Crippen molar-refractivity contribution in [1.82, 2.24) is 14.8 Å². The van der Waals surface area contributed by atoms with Crippen LogP contribution in [-0.2, 0) is 0 Å². The van der Waals surface area contributed by atoms with Gasteiger partial charge in [0.05, 0.1) is 5.56 Å². The molecule has 1 aromatic rings. The number of amides is 1. The second kappa shape index (κ2) is 9.05. The van der Waals surface area contributed by atoms with Crippen LogP contribution in [0.15, 0.2) is 18.3 Å². The minimum atomic E-state index is 0.144. The van der Waals surface area contributed by atoms with Crippen molar-refractivity contribution in [3.05, 3.63) is 23.9 Å². The number of likely N-dealkylation sites (tertiary alicyclic amines) is 2. The molecule has 2 saturated heterocycles. The van der Waals surface area contributed by atoms with Gasteiger partial charge >= 0.3 is 0 Å². The highest BCUT2D eigenvalue weighted by Gasteiger charge is 2.28. The topological polar surface area (TPSA) is 48.5 Å². The molecule has 27 heavy (non-hydrogen) atoms. The van der Waals surface area contributed by atoms with Crippen LogP contribution in [0.4, 0.5) is 5.82 Å². The number of nitrogens with one attached hydrogen (secondary N) is 1. The molecule has 1 atom stereocenters. The number of anilines is 1. The summed E-state index contributed by atoms with van der Waals surface area (Å²) < 4.78 is 0. The van der Waals surface area contributed by atoms with Gasteiger partial charge in [-0.3, -0.25) is 9.69 Å². The van der Waals surface area contributed by atoms with Crippen molar-refractivity contribution in [2.75, 3.05) is 31.5 Å². The number of carbonyl (C=O) groups is 1. The van der Waals surface area contributed by atoms with Gasteiger partial charge in [-0.2, -0.15) is 0 Å². The van der Waals surface area contributed by atoms with Gasteiger partial charge in [0, 0.05) is 37.9 Å². The van der Waals surface area contributed by atoms with Gasteiger partial charge in [-0.1, -0.05) is 19.3 Å². The number of pyridine rings is 1. The van der Waals surface area contributed by atoms with E-state index in [9.17, 15) is 4.79 Å². The SMILES string of the molecule is O=C(c1cccnc1NC1CCCN(C2CCCCC2)C1)N1CCCCC1. The molecular weight excluding hydrogens is 336 g/mol. The molecule has 3 heterocycles. The highest BCUT2D eigenvalue weighted by molar-refractivity contribution is 5.98. The largest absolute Gasteiger partial charge is 0.365 e. The molecule has 5 nitrogen and oxygen atoms in total. The fourth-order valence-corrected chi connectivity index (χ4v) is 5.06. The Kier molecular flexibility index (Phi) is 6.28. The molecule has 3 aliphatic rings. The van der Waals surface area contributed by atoms with Crippen LogP contribution in [0.1, 0.15) is 74.6 Å². The third-order valence-corrected chi connectivity index (χ3v) is 6.57. The number of carbonyl (C=O) groups excluding carboxylic acids is 1. The molecule has 0 aromatic carbocycles. The summed E-state index contributed by atoms with van der Waals surface area (Å²) in [5.41, 5.74) is 0.745. The highest BCUT2D eigenvalue weighted by Crippen LogP contribution is 2.27. The van der Waals surface area contributed by atoms with Crippen molar-refractivity contribution < 1.29 is 4.79 Å². The van der Waals surface area contributed by atoms with Crippen molar-refractivity contribution in [2.45, 2.75) is 76.3 Å². The first-order chi connectivity index (χ1) is 13.3. The van der Waals surface area contributed by atoms with E-state index in [2.05, 4.69) is 15.2 Å². The van der Waals surface area contributed by atoms with E-state index in [1.807, 2.05) is 17.0 Å². The average Bonchev–Trinajstić information content (AvgIpc) is 2.75. The first-order valence-electron chi connectivity index (χ1n) is 11.1. The van der Waals surface area contributed by atoms with Crippen LogP contribution in [0.25, 0.3) is 0 Å². The Morgan fingerprint density at radius 1 is 0.963 bits per heavy atom. The number of hydrogen-bond donors (Lipinski definition) is 1. The standard InChI is InChI=1S/C22H34N4O/c27-22(25-14-5-2-6-15-25)20-12-7-13-23-21(20)24-18-9-8-16-26(17-18)19-10-3-1-4-11-19/h7,12-13,18-19H,1-6,8-11,14-17H2,(H,23,24). The molecule has 1 unspecified atom stereocenters. The van der Waals surface area contributed by atoms with Crippen LogP contribution in [0.5, 0.6) is 0 Å². The molecule has 0 bridgehead atoms. The fourth-order valence-electron chi connectivity index (χ4n) is 5.06. The second-order valence-electron chi connectivity index (χ2n) is 8.52. The van der Waals surface area contributed by atoms with Gasteiger partial charge in [-0.25, -0.2) is 4.98 Å². The van der Waals surface area contributed by atoms with Crippen LogP contribution in [0, 0.1) is 0 Å². The lowest BCUT2D eigenvalue weighted by Crippen LogP contribution is -2.48. The predicted octanol–water partition coefficient (Wildman–Crippen LogP) is 3.92. The number of aromatic nitrogens is 1. The Bertz CT molecular complexity index is 622. The van der Waals surface area contributed by atoms with Gasteiger partial charge in [0.25, 0.3) is 5.91 Å². The Morgan fingerprint density at radius 3 is 2.56 bits per heavy atom. The van der Waals surface area contributed by atoms with Gasteiger partial charge in [-0.05, 0) is 63.6 Å². The van der Waals surface area contributed by atoms with Gasteiger partial charge in [0.2, 0.25) is 0 Å². The Balaban J connectivity index is 1.42. The van der Waals surface area contributed by atoms with Crippen molar-refractivity contribution in [2.24, 2.45) is 0 Å². The highest BCUT2D eigenvalue weighted by atomic mass is 16.2. The molecule has 148 valence electrons. The molecule has 1 aromatic heterocycles. The predicted molar refractivity (Wildman–Crippen MR) is 109 cm³/mol. The van der Waals surface area contributed by atoms with Crippen molar-refractivity contribution in [3.8, 4) is 0 Å². The van der Waals surface area contributed by atoms with Gasteiger partial charge in [0.1, 0.15) is 5.82 Å². The molecule has 5 heteroatoms. The minimum absolute atomic E-state index is 0.144. The fraction of sp³-hybridized carbons (Fsp3) is 0.727. The van der Waals surface area contributed by atoms with Gasteiger partial charge in [0.15, 0.2) is 0 Å². The molecule has 1 saturated carbocycles. The summed E-state index contributed by atoms with van der Waals surface area (Å²) in [6, 6.07) is 4.98. The summed E-state index contributed by atoms with van der Waals surface area (Å²) in [5, 5.41) is 3.64. The Morgan fingerprint density at radius 2 is 1.74 bits per heavy atom. The Labute approximate surface area is 163 Å². The molecule has 0 radical (unpaired) electrons. The summed E-state index contributed by atoms with van der Waals surface area (Å²) in [6.45, 7) is 4.07. The zero-order valence-corrected chi connectivity index (χ0v) is 16.5. The molecular formula is C22H34N4O. The van der Waals surface area contributed by atoms with Crippen LogP contribution in [0.3, 0.4) is 0 Å². The molecule has 3 fully saturated rings. The minimum Gasteiger partial charge on any atom is -0.365 e. The van der Waals surface area contributed by atoms with E-state index in [-0.39, 0.29) is 5.91 Å². The third-order valence-electron chi connectivity index (χ3n) is 6.57. The van der Waals surface area contributed by atoms with Crippen molar-refractivity contribution in [3.63, 3.8) is 0 Å². The molecule has 0 spiro atoms. The number of nitrogens with zero attached hydrogens (tertiary/aromatic N) is 3. The summed E-state index contributed by atoms with van der Waals surface area (Å²) in [7, 11) is 0. The van der Waals surface area contributed by atoms with E-state index in [4.69, 9.17) is 0 Å². The average molecular weight is 371 g/mol. The molecule has 1 aliphatic carbocycles. The third kappa shape index (κ3) is 4.63. The molecule has 1 N–H and O–H groups in total. The number of hydrogen-bond acceptors (Lipinski definition) is 4. The number of piperidine rings is 2. The summed E-state index contributed by atoms with van der Waals surface area (Å²) in [4.78, 5) is 22.2. The van der Waals surface area contributed by atoms with Crippen LogP contribution in [-0.4, -0.2) is 59.0 Å². The quantitative estimate of drug-likeness (QED) is 0.873. The van der Waals surface area contributed by atoms with Crippen LogP contribution in [0.2, 0.25) is 0 Å². The summed E-state index contributed by atoms with van der Waals surface area (Å²) in [5.74, 6) is 0.925. The van der Waals surface area contributed by atoms with E-state index in [0.29, 0.717) is 6.04 Å². The summed E-state index contributed by atoms with van der Waals surface area (Å²) in [6.07, 6.45) is 14.6. The lowest BCUT2D eigenvalue weighted by atomic mass is 9.92. The van der Waals surface area contributed by atoms with E-state index in [1.165, 1.54) is 51.5 Å². The number of rotatable bonds is 4. The molecule has 4 rings (SSSR count). The zero-order chi connectivity index (χ0) is 18.5. The Hall–Kier alpha value is -1.62. The van der Waals surface area contributed by atoms with E-state index in [1.54, 1.807) is 6.20 Å². The zero-order valence-electron chi connectivity index (χ0n) is 16.5. The lowest BCUT2D eigenvalue weighted by Gasteiger charge is -2.40. The maximum atomic E-state index is 13.0. The van der Waals surface area contributed by atoms with Gasteiger partial charge in [-0.15, -0.1) is 0 Å². The van der Waals surface area contributed by atoms with Gasteiger partial charge < -0.3 is 10.2 Å².